The molecule has 32 heavy (non-hydrogen) atoms. The number of imidazole rings is 2. The highest BCUT2D eigenvalue weighted by molar-refractivity contribution is 6.30. The molecule has 1 aliphatic rings. The van der Waals surface area contributed by atoms with Gasteiger partial charge in [0.2, 0.25) is 5.78 Å². The molecule has 5 aromatic heterocycles. The third kappa shape index (κ3) is 3.67. The van der Waals surface area contributed by atoms with E-state index < -0.39 is 0 Å². The van der Waals surface area contributed by atoms with Gasteiger partial charge in [0.05, 0.1) is 29.7 Å². The molecule has 160 valence electrons. The number of carbonyl (C=O) groups excluding carboxylic acids is 1. The average molecular weight is 447 g/mol. The number of fused-ring (bicyclic) bond motifs is 2. The van der Waals surface area contributed by atoms with Crippen LogP contribution in [0.5, 0.6) is 0 Å². The van der Waals surface area contributed by atoms with E-state index in [1.807, 2.05) is 33.3 Å². The molecule has 0 saturated heterocycles. The van der Waals surface area contributed by atoms with Gasteiger partial charge in [-0.3, -0.25) is 4.79 Å². The molecule has 0 amide bonds. The van der Waals surface area contributed by atoms with Gasteiger partial charge in [-0.15, -0.1) is 0 Å². The number of nitrogens with zero attached hydrogens (tertiary/aromatic N) is 6. The lowest BCUT2D eigenvalue weighted by Crippen LogP contribution is -2.03. The SMILES string of the molecule is O=C(CCc1ncn2ccc(Cl)cc12)c1nc(Cc2cn3cc(C4CC4)ccc3n2)no1. The molecule has 0 radical (unpaired) electrons. The fourth-order valence-corrected chi connectivity index (χ4v) is 4.11. The van der Waals surface area contributed by atoms with Crippen LogP contribution < -0.4 is 0 Å². The molecule has 0 bridgehead atoms. The second-order valence-corrected chi connectivity index (χ2v) is 8.62. The minimum absolute atomic E-state index is 0.0151. The van der Waals surface area contributed by atoms with Crippen LogP contribution in [-0.2, 0) is 12.8 Å². The van der Waals surface area contributed by atoms with Crippen molar-refractivity contribution in [2.75, 3.05) is 0 Å². The first-order valence-corrected chi connectivity index (χ1v) is 10.9. The topological polar surface area (TPSA) is 90.6 Å². The number of hydrogen-bond acceptors (Lipinski definition) is 6. The first-order chi connectivity index (χ1) is 15.6. The van der Waals surface area contributed by atoms with Crippen LogP contribution in [0.4, 0.5) is 0 Å². The van der Waals surface area contributed by atoms with Crippen molar-refractivity contribution in [3.63, 3.8) is 0 Å². The van der Waals surface area contributed by atoms with E-state index in [9.17, 15) is 4.79 Å². The number of rotatable bonds is 7. The summed E-state index contributed by atoms with van der Waals surface area (Å²) in [6, 6.07) is 7.81. The highest BCUT2D eigenvalue weighted by atomic mass is 35.5. The number of pyridine rings is 2. The summed E-state index contributed by atoms with van der Waals surface area (Å²) in [6.45, 7) is 0. The Hall–Kier alpha value is -3.52. The van der Waals surface area contributed by atoms with Crippen LogP contribution >= 0.6 is 11.6 Å². The Labute approximate surface area is 187 Å². The van der Waals surface area contributed by atoms with Crippen molar-refractivity contribution in [1.82, 2.24) is 28.9 Å². The molecule has 0 aliphatic heterocycles. The molecular formula is C23H19ClN6O2. The molecule has 6 rings (SSSR count). The van der Waals surface area contributed by atoms with E-state index >= 15 is 0 Å². The van der Waals surface area contributed by atoms with E-state index in [4.69, 9.17) is 16.1 Å². The van der Waals surface area contributed by atoms with Crippen LogP contribution in [0.1, 0.15) is 58.6 Å². The van der Waals surface area contributed by atoms with Crippen LogP contribution in [0.25, 0.3) is 11.2 Å². The zero-order chi connectivity index (χ0) is 21.7. The van der Waals surface area contributed by atoms with Gasteiger partial charge in [0.25, 0.3) is 5.89 Å². The van der Waals surface area contributed by atoms with Crippen molar-refractivity contribution in [3.05, 3.63) is 82.9 Å². The first kappa shape index (κ1) is 19.2. The van der Waals surface area contributed by atoms with Gasteiger partial charge < -0.3 is 13.3 Å². The number of Topliss-reactive ketones (excluding diaryl/α,β-unsaturated/α-hetero) is 1. The second kappa shape index (κ2) is 7.56. The maximum atomic E-state index is 12.6. The lowest BCUT2D eigenvalue weighted by molar-refractivity contribution is 0.0940. The summed E-state index contributed by atoms with van der Waals surface area (Å²) >= 11 is 6.08. The van der Waals surface area contributed by atoms with Crippen molar-refractivity contribution in [3.8, 4) is 0 Å². The number of hydrogen-bond donors (Lipinski definition) is 0. The van der Waals surface area contributed by atoms with E-state index in [-0.39, 0.29) is 18.1 Å². The zero-order valence-corrected chi connectivity index (χ0v) is 17.9. The fraction of sp³-hybridized carbons (Fsp3) is 0.261. The summed E-state index contributed by atoms with van der Waals surface area (Å²) in [5.41, 5.74) is 4.75. The van der Waals surface area contributed by atoms with Crippen LogP contribution in [0.2, 0.25) is 5.02 Å². The summed E-state index contributed by atoms with van der Waals surface area (Å²) in [5, 5.41) is 4.60. The standard InChI is InChI=1S/C23H19ClN6O2/c24-16-7-8-29-13-25-18(19(29)9-16)4-5-20(31)23-27-21(28-32-23)10-17-12-30-11-15(14-1-2-14)3-6-22(30)26-17/h3,6-9,11-14H,1-2,4-5,10H2. The number of ketones is 1. The molecule has 0 spiro atoms. The van der Waals surface area contributed by atoms with E-state index in [0.29, 0.717) is 29.6 Å². The second-order valence-electron chi connectivity index (χ2n) is 8.18. The Morgan fingerprint density at radius 2 is 2.06 bits per heavy atom. The van der Waals surface area contributed by atoms with Crippen molar-refractivity contribution in [2.45, 2.75) is 38.0 Å². The summed E-state index contributed by atoms with van der Waals surface area (Å²) in [4.78, 5) is 25.9. The Bertz CT molecular complexity index is 1460. The number of aryl methyl sites for hydroxylation is 1. The third-order valence-electron chi connectivity index (χ3n) is 5.79. The lowest BCUT2D eigenvalue weighted by atomic mass is 10.1. The number of carbonyl (C=O) groups is 1. The predicted octanol–water partition coefficient (Wildman–Crippen LogP) is 4.30. The van der Waals surface area contributed by atoms with Crippen LogP contribution in [0, 0.1) is 0 Å². The maximum absolute atomic E-state index is 12.6. The van der Waals surface area contributed by atoms with Gasteiger partial charge in [-0.2, -0.15) is 4.98 Å². The fourth-order valence-electron chi connectivity index (χ4n) is 3.95. The van der Waals surface area contributed by atoms with Crippen LogP contribution in [-0.4, -0.2) is 34.7 Å². The molecule has 0 N–H and O–H groups in total. The van der Waals surface area contributed by atoms with E-state index in [1.165, 1.54) is 18.4 Å². The Balaban J connectivity index is 1.13. The highest BCUT2D eigenvalue weighted by Gasteiger charge is 2.24. The Kier molecular flexibility index (Phi) is 4.53. The van der Waals surface area contributed by atoms with Crippen molar-refractivity contribution < 1.29 is 9.32 Å². The number of aromatic nitrogens is 6. The van der Waals surface area contributed by atoms with Crippen molar-refractivity contribution in [2.24, 2.45) is 0 Å². The van der Waals surface area contributed by atoms with Crippen LogP contribution in [0.15, 0.2) is 53.7 Å². The van der Waals surface area contributed by atoms with E-state index in [1.54, 1.807) is 12.4 Å². The summed E-state index contributed by atoms with van der Waals surface area (Å²) in [6.07, 6.45) is 11.3. The van der Waals surface area contributed by atoms with Crippen molar-refractivity contribution >= 4 is 28.5 Å². The molecule has 1 fully saturated rings. The molecule has 5 aromatic rings. The summed E-state index contributed by atoms with van der Waals surface area (Å²) in [7, 11) is 0. The zero-order valence-electron chi connectivity index (χ0n) is 17.1. The molecule has 9 heteroatoms. The lowest BCUT2D eigenvalue weighted by Gasteiger charge is -1.98. The molecule has 1 saturated carbocycles. The van der Waals surface area contributed by atoms with Gasteiger partial charge in [-0.05, 0) is 48.9 Å². The normalized spacial score (nSPS) is 13.9. The van der Waals surface area contributed by atoms with Gasteiger partial charge in [0.15, 0.2) is 5.82 Å². The van der Waals surface area contributed by atoms with Gasteiger partial charge in [-0.25, -0.2) is 9.97 Å². The summed E-state index contributed by atoms with van der Waals surface area (Å²) < 4.78 is 9.13. The monoisotopic (exact) mass is 446 g/mol. The third-order valence-corrected chi connectivity index (χ3v) is 6.02. The maximum Gasteiger partial charge on any atom is 0.294 e. The van der Waals surface area contributed by atoms with Crippen molar-refractivity contribution in [1.29, 1.82) is 0 Å². The number of halogens is 1. The van der Waals surface area contributed by atoms with E-state index in [2.05, 4.69) is 32.4 Å². The van der Waals surface area contributed by atoms with E-state index in [0.717, 1.165) is 22.6 Å². The van der Waals surface area contributed by atoms with Gasteiger partial charge in [0.1, 0.15) is 5.65 Å². The molecule has 1 aliphatic carbocycles. The molecule has 5 heterocycles. The minimum atomic E-state index is -0.212. The molecule has 0 unspecified atom stereocenters. The average Bonchev–Trinajstić information content (AvgIpc) is 3.21. The quantitative estimate of drug-likeness (QED) is 0.346. The smallest absolute Gasteiger partial charge is 0.294 e. The molecule has 0 aromatic carbocycles. The first-order valence-electron chi connectivity index (χ1n) is 10.6. The van der Waals surface area contributed by atoms with Gasteiger partial charge in [0, 0.05) is 30.0 Å². The summed E-state index contributed by atoms with van der Waals surface area (Å²) in [5.74, 6) is 0.934. The minimum Gasteiger partial charge on any atom is -0.331 e. The Morgan fingerprint density at radius 3 is 2.94 bits per heavy atom. The molecule has 0 atom stereocenters. The molecular weight excluding hydrogens is 428 g/mol. The van der Waals surface area contributed by atoms with Gasteiger partial charge in [-0.1, -0.05) is 22.8 Å². The van der Waals surface area contributed by atoms with Crippen LogP contribution in [0.3, 0.4) is 0 Å². The largest absolute Gasteiger partial charge is 0.331 e. The highest BCUT2D eigenvalue weighted by Crippen LogP contribution is 2.39. The van der Waals surface area contributed by atoms with Gasteiger partial charge >= 0.3 is 0 Å². The Morgan fingerprint density at radius 1 is 1.16 bits per heavy atom. The molecule has 8 nitrogen and oxygen atoms in total. The predicted molar refractivity (Wildman–Crippen MR) is 117 cm³/mol.